The third-order valence-corrected chi connectivity index (χ3v) is 4.92. The highest BCUT2D eigenvalue weighted by atomic mass is 19.1. The Morgan fingerprint density at radius 1 is 1.02 bits per heavy atom. The summed E-state index contributed by atoms with van der Waals surface area (Å²) in [4.78, 5) is 23.4. The molecule has 2 aromatic carbocycles. The van der Waals surface area contributed by atoms with E-state index in [0.717, 1.165) is 17.2 Å². The zero-order valence-electron chi connectivity index (χ0n) is 29.0. The molecule has 1 aliphatic carbocycles. The number of ether oxygens (including phenoxy) is 1. The molecule has 0 saturated carbocycles. The van der Waals surface area contributed by atoms with Crippen molar-refractivity contribution in [3.05, 3.63) is 119 Å². The van der Waals surface area contributed by atoms with Crippen molar-refractivity contribution in [3.63, 3.8) is 0 Å². The van der Waals surface area contributed by atoms with Crippen molar-refractivity contribution in [1.29, 1.82) is 0 Å². The van der Waals surface area contributed by atoms with E-state index >= 15 is 0 Å². The summed E-state index contributed by atoms with van der Waals surface area (Å²) in [5.74, 6) is 0.0692. The second-order valence-corrected chi connectivity index (χ2v) is 8.71. The summed E-state index contributed by atoms with van der Waals surface area (Å²) in [6.07, 6.45) is 18.5. The Morgan fingerprint density at radius 3 is 2.14 bits per heavy atom. The summed E-state index contributed by atoms with van der Waals surface area (Å²) in [6.45, 7) is 24.9. The van der Waals surface area contributed by atoms with E-state index in [4.69, 9.17) is 4.74 Å². The summed E-state index contributed by atoms with van der Waals surface area (Å²) in [5.41, 5.74) is 5.36. The minimum Gasteiger partial charge on any atom is -0.482 e. The number of halogens is 1. The first-order valence-electron chi connectivity index (χ1n) is 15.5. The van der Waals surface area contributed by atoms with Crippen LogP contribution in [0.5, 0.6) is 5.75 Å². The molecule has 2 aromatic rings. The van der Waals surface area contributed by atoms with E-state index < -0.39 is 0 Å². The van der Waals surface area contributed by atoms with Gasteiger partial charge in [-0.1, -0.05) is 110 Å². The molecule has 4 nitrogen and oxygen atoms in total. The van der Waals surface area contributed by atoms with Crippen LogP contribution in [0.2, 0.25) is 0 Å². The van der Waals surface area contributed by atoms with Gasteiger partial charge in [0.2, 0.25) is 0 Å². The molecule has 0 aromatic heterocycles. The number of fused-ring (bicyclic) bond motifs is 1. The van der Waals surface area contributed by atoms with E-state index in [9.17, 15) is 14.0 Å². The maximum absolute atomic E-state index is 12.6. The molecule has 1 aliphatic rings. The largest absolute Gasteiger partial charge is 0.482 e. The maximum Gasteiger partial charge on any atom is 0.261 e. The summed E-state index contributed by atoms with van der Waals surface area (Å²) >= 11 is 0. The van der Waals surface area contributed by atoms with Crippen molar-refractivity contribution in [1.82, 2.24) is 5.32 Å². The average molecular weight is 606 g/mol. The van der Waals surface area contributed by atoms with Gasteiger partial charge in [0.15, 0.2) is 12.4 Å². The smallest absolute Gasteiger partial charge is 0.261 e. The van der Waals surface area contributed by atoms with Gasteiger partial charge in [-0.15, -0.1) is 5.73 Å². The topological polar surface area (TPSA) is 55.4 Å². The Hall–Kier alpha value is -4.21. The van der Waals surface area contributed by atoms with E-state index in [-0.39, 0.29) is 24.1 Å². The van der Waals surface area contributed by atoms with Crippen LogP contribution in [0.4, 0.5) is 4.39 Å². The summed E-state index contributed by atoms with van der Waals surface area (Å²) in [6, 6.07) is 8.60. The van der Waals surface area contributed by atoms with Crippen LogP contribution in [0, 0.1) is 19.7 Å². The van der Waals surface area contributed by atoms with Crippen LogP contribution in [0.3, 0.4) is 0 Å². The number of aryl methyl sites for hydroxylation is 2. The lowest BCUT2D eigenvalue weighted by molar-refractivity contribution is -0.122. The molecule has 5 heteroatoms. The monoisotopic (exact) mass is 605 g/mol. The molecule has 0 unspecified atom stereocenters. The molecular formula is C39H56FNO3. The predicted octanol–water partition coefficient (Wildman–Crippen LogP) is 9.25. The van der Waals surface area contributed by atoms with Crippen molar-refractivity contribution in [3.8, 4) is 5.75 Å². The minimum atomic E-state index is -0.285. The fraction of sp³-hybridized carbons (Fsp3) is 0.359. The van der Waals surface area contributed by atoms with Gasteiger partial charge in [-0.25, -0.2) is 4.39 Å². The van der Waals surface area contributed by atoms with E-state index in [1.165, 1.54) is 25.6 Å². The second-order valence-electron chi connectivity index (χ2n) is 8.71. The number of carbonyl (C=O) groups is 2. The van der Waals surface area contributed by atoms with E-state index in [1.807, 2.05) is 65.8 Å². The van der Waals surface area contributed by atoms with Gasteiger partial charge in [0.1, 0.15) is 11.6 Å². The Balaban J connectivity index is -0.000000656. The van der Waals surface area contributed by atoms with E-state index in [0.29, 0.717) is 22.1 Å². The number of allylic oxidation sites excluding steroid dienone is 7. The number of carbonyl (C=O) groups excluding carboxylic acids is 2. The van der Waals surface area contributed by atoms with Crippen LogP contribution in [-0.4, -0.2) is 18.3 Å². The normalized spacial score (nSPS) is 10.0. The molecule has 1 amide bonds. The molecule has 0 heterocycles. The molecule has 0 atom stereocenters. The summed E-state index contributed by atoms with van der Waals surface area (Å²) in [5, 5.41) is 3.96. The van der Waals surface area contributed by atoms with Crippen LogP contribution in [0.25, 0.3) is 11.8 Å². The van der Waals surface area contributed by atoms with Crippen molar-refractivity contribution in [2.45, 2.75) is 89.0 Å². The molecular weight excluding hydrogens is 549 g/mol. The lowest BCUT2D eigenvalue weighted by Crippen LogP contribution is -2.33. The van der Waals surface area contributed by atoms with Gasteiger partial charge in [-0.3, -0.25) is 9.59 Å². The average Bonchev–Trinajstić information content (AvgIpc) is 3.28. The summed E-state index contributed by atoms with van der Waals surface area (Å²) < 4.78 is 18.2. The Labute approximate surface area is 267 Å². The van der Waals surface area contributed by atoms with Crippen molar-refractivity contribution in [2.24, 2.45) is 0 Å². The highest BCUT2D eigenvalue weighted by Gasteiger charge is 2.09. The van der Waals surface area contributed by atoms with Crippen LogP contribution >= 0.6 is 0 Å². The molecule has 0 aliphatic heterocycles. The molecule has 44 heavy (non-hydrogen) atoms. The first-order valence-corrected chi connectivity index (χ1v) is 15.5. The third kappa shape index (κ3) is 20.6. The number of ketones is 1. The van der Waals surface area contributed by atoms with Crippen molar-refractivity contribution in [2.75, 3.05) is 6.61 Å². The van der Waals surface area contributed by atoms with Gasteiger partial charge in [0.25, 0.3) is 5.91 Å². The van der Waals surface area contributed by atoms with Gasteiger partial charge in [0, 0.05) is 17.0 Å². The molecule has 0 bridgehead atoms. The number of Topliss-reactive ketones (excluding diaryl/α,β-unsaturated/α-hetero) is 1. The zero-order valence-corrected chi connectivity index (χ0v) is 29.0. The van der Waals surface area contributed by atoms with Crippen LogP contribution in [-0.2, 0) is 4.79 Å². The standard InChI is InChI=1S/C19H17NO3.C8H9F.C5H10.C3H8.2C2H6/c1-3-4-12-20-19(22)13-23-18-11-10-15(14(2)21)16-8-6-5-7-9-17(16)18;1-6-3-4-7(2)8(9)5-6;1-3-5-4-2;1-3-2;2*1-2/h3-8,10-12H,1,13H2,2H3,(H,20,22);3-5H,1-2H3;3,5H,4H2,1-2H3;3H2,1-2H3;2*1-2H3/b12-4+;;5-3-;;;. The predicted molar refractivity (Wildman–Crippen MR) is 190 cm³/mol. The Bertz CT molecular complexity index is 1340. The molecule has 1 N–H and O–H groups in total. The third-order valence-electron chi connectivity index (χ3n) is 4.92. The fourth-order valence-corrected chi connectivity index (χ4v) is 3.02. The quantitative estimate of drug-likeness (QED) is 0.194. The van der Waals surface area contributed by atoms with Gasteiger partial charge in [-0.05, 0) is 75.6 Å². The minimum absolute atomic E-state index is 0.0338. The van der Waals surface area contributed by atoms with E-state index in [1.54, 1.807) is 43.4 Å². The van der Waals surface area contributed by atoms with Gasteiger partial charge in [0.05, 0.1) is 5.22 Å². The maximum atomic E-state index is 12.6. The van der Waals surface area contributed by atoms with Crippen LogP contribution < -0.4 is 20.5 Å². The first-order chi connectivity index (χ1) is 21.2. The zero-order chi connectivity index (χ0) is 34.3. The van der Waals surface area contributed by atoms with Crippen LogP contribution in [0.1, 0.15) is 96.6 Å². The SMILES string of the molecule is C/C=C\CC.C=C/C=C/NC(=O)COc1ccc(C(C)=O)c2c1=C=CC=CC=2.CC.CC.CCC.Cc1ccc(C)c(F)c1. The molecule has 0 saturated heterocycles. The highest BCUT2D eigenvalue weighted by Crippen LogP contribution is 2.07. The van der Waals surface area contributed by atoms with Gasteiger partial charge >= 0.3 is 0 Å². The molecule has 3 rings (SSSR count). The van der Waals surface area contributed by atoms with Crippen LogP contribution in [0.15, 0.2) is 85.6 Å². The number of hydrogen-bond donors (Lipinski definition) is 1. The summed E-state index contributed by atoms with van der Waals surface area (Å²) in [7, 11) is 0. The molecule has 0 fully saturated rings. The second kappa shape index (κ2) is 30.3. The van der Waals surface area contributed by atoms with E-state index in [2.05, 4.69) is 50.6 Å². The fourth-order valence-electron chi connectivity index (χ4n) is 3.02. The number of hydrogen-bond acceptors (Lipinski definition) is 3. The first kappa shape index (κ1) is 44.2. The Morgan fingerprint density at radius 2 is 1.66 bits per heavy atom. The molecule has 0 spiro atoms. The highest BCUT2D eigenvalue weighted by molar-refractivity contribution is 5.95. The lowest BCUT2D eigenvalue weighted by atomic mass is 10.1. The molecule has 242 valence electrons. The number of rotatable bonds is 7. The van der Waals surface area contributed by atoms with Gasteiger partial charge < -0.3 is 10.1 Å². The van der Waals surface area contributed by atoms with Crippen molar-refractivity contribution >= 4 is 23.5 Å². The lowest BCUT2D eigenvalue weighted by Gasteiger charge is -2.07. The number of benzene rings is 2. The van der Waals surface area contributed by atoms with Gasteiger partial charge in [-0.2, -0.15) is 0 Å². The molecule has 0 radical (unpaired) electrons. The number of amides is 1. The number of nitrogens with one attached hydrogen (secondary N) is 1. The van der Waals surface area contributed by atoms with Crippen molar-refractivity contribution < 1.29 is 18.7 Å². The Kier molecular flexibility index (Phi) is 30.4.